The summed E-state index contributed by atoms with van der Waals surface area (Å²) in [7, 11) is 1.42. The molecule has 1 N–H and O–H groups in total. The summed E-state index contributed by atoms with van der Waals surface area (Å²) in [6.07, 6.45) is 0. The molecule has 1 aromatic heterocycles. The van der Waals surface area contributed by atoms with Crippen LogP contribution < -0.4 is 10.1 Å². The summed E-state index contributed by atoms with van der Waals surface area (Å²) >= 11 is 2.89. The molecule has 4 nitrogen and oxygen atoms in total. The van der Waals surface area contributed by atoms with E-state index in [9.17, 15) is 9.18 Å². The lowest BCUT2D eigenvalue weighted by molar-refractivity contribution is -0.113. The van der Waals surface area contributed by atoms with Crippen LogP contribution in [0.1, 0.15) is 20.8 Å². The second-order valence-corrected chi connectivity index (χ2v) is 8.50. The van der Waals surface area contributed by atoms with E-state index in [-0.39, 0.29) is 16.4 Å². The van der Waals surface area contributed by atoms with Gasteiger partial charge in [0.2, 0.25) is 5.91 Å². The lowest BCUT2D eigenvalue weighted by Gasteiger charge is -2.16. The van der Waals surface area contributed by atoms with Crippen molar-refractivity contribution >= 4 is 34.1 Å². The predicted molar refractivity (Wildman–Crippen MR) is 94.9 cm³/mol. The van der Waals surface area contributed by atoms with E-state index in [0.717, 1.165) is 0 Å². The zero-order valence-electron chi connectivity index (χ0n) is 13.5. The molecule has 0 spiro atoms. The maximum Gasteiger partial charge on any atom is 0.236 e. The summed E-state index contributed by atoms with van der Waals surface area (Å²) in [5.41, 5.74) is 1.26. The van der Waals surface area contributed by atoms with Gasteiger partial charge in [0.25, 0.3) is 0 Å². The van der Waals surface area contributed by atoms with E-state index < -0.39 is 5.82 Å². The number of benzene rings is 1. The van der Waals surface area contributed by atoms with Gasteiger partial charge in [0.1, 0.15) is 0 Å². The highest BCUT2D eigenvalue weighted by atomic mass is 32.2. The van der Waals surface area contributed by atoms with Gasteiger partial charge < -0.3 is 10.1 Å². The number of nitrogens with zero attached hydrogens (tertiary/aromatic N) is 1. The molecule has 0 saturated carbocycles. The Morgan fingerprint density at radius 2 is 2.17 bits per heavy atom. The van der Waals surface area contributed by atoms with Crippen molar-refractivity contribution in [2.24, 2.45) is 0 Å². The summed E-state index contributed by atoms with van der Waals surface area (Å²) in [5, 5.41) is 5.07. The Kier molecular flexibility index (Phi) is 5.64. The third-order valence-electron chi connectivity index (χ3n) is 2.83. The van der Waals surface area contributed by atoms with Gasteiger partial charge in [-0.25, -0.2) is 9.37 Å². The standard InChI is InChI=1S/C16H19FN2O2S2/c1-16(2,3)23-9-14(20)19-15-18-12(8-22-15)10-5-6-13(21-4)11(17)7-10/h5-8H,9H2,1-4H3,(H,18,19,20). The molecular formula is C16H19FN2O2S2. The smallest absolute Gasteiger partial charge is 0.236 e. The van der Waals surface area contributed by atoms with E-state index in [1.54, 1.807) is 29.3 Å². The first-order valence-corrected chi connectivity index (χ1v) is 8.88. The second-order valence-electron chi connectivity index (χ2n) is 5.84. The molecule has 0 radical (unpaired) electrons. The molecule has 124 valence electrons. The van der Waals surface area contributed by atoms with Crippen LogP contribution in [0.15, 0.2) is 23.6 Å². The maximum atomic E-state index is 13.7. The largest absolute Gasteiger partial charge is 0.494 e. The van der Waals surface area contributed by atoms with E-state index in [1.165, 1.54) is 24.5 Å². The van der Waals surface area contributed by atoms with Crippen molar-refractivity contribution < 1.29 is 13.9 Å². The van der Waals surface area contributed by atoms with Crippen LogP contribution in [-0.2, 0) is 4.79 Å². The van der Waals surface area contributed by atoms with Gasteiger partial charge >= 0.3 is 0 Å². The maximum absolute atomic E-state index is 13.7. The van der Waals surface area contributed by atoms with Gasteiger partial charge in [-0.05, 0) is 18.2 Å². The van der Waals surface area contributed by atoms with Crippen LogP contribution in [0, 0.1) is 5.82 Å². The quantitative estimate of drug-likeness (QED) is 0.863. The molecule has 1 heterocycles. The molecule has 0 aliphatic carbocycles. The number of anilines is 1. The molecule has 0 unspecified atom stereocenters. The average molecular weight is 354 g/mol. The topological polar surface area (TPSA) is 51.2 Å². The number of methoxy groups -OCH3 is 1. The highest BCUT2D eigenvalue weighted by molar-refractivity contribution is 8.01. The number of amides is 1. The van der Waals surface area contributed by atoms with Crippen molar-refractivity contribution in [1.82, 2.24) is 4.98 Å². The summed E-state index contributed by atoms with van der Waals surface area (Å²) in [6.45, 7) is 6.18. The van der Waals surface area contributed by atoms with Crippen LogP contribution in [-0.4, -0.2) is 28.5 Å². The zero-order chi connectivity index (χ0) is 17.0. The number of thiazole rings is 1. The number of carbonyl (C=O) groups excluding carboxylic acids is 1. The SMILES string of the molecule is COc1ccc(-c2csc(NC(=O)CSC(C)(C)C)n2)cc1F. The van der Waals surface area contributed by atoms with Crippen molar-refractivity contribution in [3.8, 4) is 17.0 Å². The third-order valence-corrected chi connectivity index (χ3v) is 4.86. The first-order valence-electron chi connectivity index (χ1n) is 7.02. The molecule has 0 saturated heterocycles. The van der Waals surface area contributed by atoms with E-state index in [1.807, 2.05) is 0 Å². The summed E-state index contributed by atoms with van der Waals surface area (Å²) < 4.78 is 18.7. The van der Waals surface area contributed by atoms with Crippen molar-refractivity contribution in [3.05, 3.63) is 29.4 Å². The summed E-state index contributed by atoms with van der Waals surface area (Å²) in [6, 6.07) is 4.66. The van der Waals surface area contributed by atoms with Crippen molar-refractivity contribution in [3.63, 3.8) is 0 Å². The fourth-order valence-electron chi connectivity index (χ4n) is 1.73. The number of rotatable bonds is 5. The minimum atomic E-state index is -0.440. The minimum absolute atomic E-state index is 0.0337. The molecule has 2 rings (SSSR count). The number of carbonyl (C=O) groups is 1. The van der Waals surface area contributed by atoms with E-state index in [0.29, 0.717) is 22.1 Å². The Labute approximate surface area is 143 Å². The predicted octanol–water partition coefficient (Wildman–Crippen LogP) is 4.43. The lowest BCUT2D eigenvalue weighted by Crippen LogP contribution is -2.18. The van der Waals surface area contributed by atoms with Crippen molar-refractivity contribution in [2.75, 3.05) is 18.2 Å². The Hall–Kier alpha value is -1.60. The lowest BCUT2D eigenvalue weighted by atomic mass is 10.1. The van der Waals surface area contributed by atoms with Gasteiger partial charge in [-0.2, -0.15) is 0 Å². The van der Waals surface area contributed by atoms with Crippen LogP contribution >= 0.6 is 23.1 Å². The molecule has 0 bridgehead atoms. The average Bonchev–Trinajstić information content (AvgIpc) is 2.93. The molecular weight excluding hydrogens is 335 g/mol. The summed E-state index contributed by atoms with van der Waals surface area (Å²) in [4.78, 5) is 16.2. The van der Waals surface area contributed by atoms with Crippen molar-refractivity contribution in [1.29, 1.82) is 0 Å². The molecule has 7 heteroatoms. The Balaban J connectivity index is 2.03. The molecule has 0 aliphatic heterocycles. The van der Waals surface area contributed by atoms with Gasteiger partial charge in [-0.3, -0.25) is 4.79 Å². The molecule has 1 amide bonds. The number of halogens is 1. The zero-order valence-corrected chi connectivity index (χ0v) is 15.1. The monoisotopic (exact) mass is 354 g/mol. The Bertz CT molecular complexity index is 696. The highest BCUT2D eigenvalue weighted by Gasteiger charge is 2.15. The third kappa shape index (κ3) is 5.21. The van der Waals surface area contributed by atoms with Crippen LogP contribution in [0.2, 0.25) is 0 Å². The number of nitrogens with one attached hydrogen (secondary N) is 1. The van der Waals surface area contributed by atoms with Gasteiger partial charge in [-0.1, -0.05) is 20.8 Å². The van der Waals surface area contributed by atoms with E-state index in [4.69, 9.17) is 4.74 Å². The first kappa shape index (κ1) is 17.7. The molecule has 2 aromatic rings. The van der Waals surface area contributed by atoms with E-state index in [2.05, 4.69) is 31.1 Å². The van der Waals surface area contributed by atoms with Gasteiger partial charge in [0.05, 0.1) is 18.6 Å². The Morgan fingerprint density at radius 3 is 2.78 bits per heavy atom. The fraction of sp³-hybridized carbons (Fsp3) is 0.375. The van der Waals surface area contributed by atoms with Crippen LogP contribution in [0.5, 0.6) is 5.75 Å². The molecule has 1 aromatic carbocycles. The number of aromatic nitrogens is 1. The second kappa shape index (κ2) is 7.31. The number of hydrogen-bond donors (Lipinski definition) is 1. The molecule has 0 atom stereocenters. The number of ether oxygens (including phenoxy) is 1. The van der Waals surface area contributed by atoms with Crippen molar-refractivity contribution in [2.45, 2.75) is 25.5 Å². The number of hydrogen-bond acceptors (Lipinski definition) is 5. The minimum Gasteiger partial charge on any atom is -0.494 e. The van der Waals surface area contributed by atoms with E-state index >= 15 is 0 Å². The van der Waals surface area contributed by atoms with Gasteiger partial charge in [0.15, 0.2) is 16.7 Å². The normalized spacial score (nSPS) is 11.3. The Morgan fingerprint density at radius 1 is 1.43 bits per heavy atom. The molecule has 0 aliphatic rings. The first-order chi connectivity index (χ1) is 10.8. The van der Waals surface area contributed by atoms with Crippen LogP contribution in [0.4, 0.5) is 9.52 Å². The summed E-state index contributed by atoms with van der Waals surface area (Å²) in [5.74, 6) is 0.0314. The molecule has 23 heavy (non-hydrogen) atoms. The van der Waals surface area contributed by atoms with Gasteiger partial charge in [0, 0.05) is 15.7 Å². The van der Waals surface area contributed by atoms with Crippen LogP contribution in [0.3, 0.4) is 0 Å². The highest BCUT2D eigenvalue weighted by Crippen LogP contribution is 2.29. The number of thioether (sulfide) groups is 1. The molecule has 0 fully saturated rings. The van der Waals surface area contributed by atoms with Crippen LogP contribution in [0.25, 0.3) is 11.3 Å². The van der Waals surface area contributed by atoms with Gasteiger partial charge in [-0.15, -0.1) is 23.1 Å². The fourth-order valence-corrected chi connectivity index (χ4v) is 3.10.